The van der Waals surface area contributed by atoms with Gasteiger partial charge in [-0.05, 0) is 37.1 Å². The Morgan fingerprint density at radius 3 is 2.35 bits per heavy atom. The van der Waals surface area contributed by atoms with E-state index in [0.717, 1.165) is 0 Å². The number of rotatable bonds is 3. The van der Waals surface area contributed by atoms with Gasteiger partial charge in [0, 0.05) is 12.1 Å². The SMILES string of the molecule is NS(=O)(=O)c1ccc(C(=O)N2CCCC2C(=O)O)cc1. The summed E-state index contributed by atoms with van der Waals surface area (Å²) in [6.07, 6.45) is 1.06. The number of carbonyl (C=O) groups is 2. The Morgan fingerprint density at radius 1 is 1.25 bits per heavy atom. The first kappa shape index (κ1) is 14.5. The highest BCUT2D eigenvalue weighted by atomic mass is 32.2. The molecule has 1 aliphatic heterocycles. The van der Waals surface area contributed by atoms with Gasteiger partial charge in [0.15, 0.2) is 0 Å². The van der Waals surface area contributed by atoms with Crippen LogP contribution in [0.5, 0.6) is 0 Å². The Balaban J connectivity index is 2.24. The summed E-state index contributed by atoms with van der Waals surface area (Å²) in [5.41, 5.74) is 0.241. The Morgan fingerprint density at radius 2 is 1.85 bits per heavy atom. The minimum atomic E-state index is -3.81. The zero-order valence-corrected chi connectivity index (χ0v) is 11.3. The summed E-state index contributed by atoms with van der Waals surface area (Å²) < 4.78 is 22.2. The molecule has 108 valence electrons. The third-order valence-electron chi connectivity index (χ3n) is 3.23. The van der Waals surface area contributed by atoms with Crippen LogP contribution in [-0.2, 0) is 14.8 Å². The van der Waals surface area contributed by atoms with Crippen molar-refractivity contribution in [3.63, 3.8) is 0 Å². The highest BCUT2D eigenvalue weighted by Gasteiger charge is 2.34. The van der Waals surface area contributed by atoms with Crippen LogP contribution in [0.15, 0.2) is 29.2 Å². The fourth-order valence-corrected chi connectivity index (χ4v) is 2.73. The standard InChI is InChI=1S/C12H14N2O5S/c13-20(18,19)9-5-3-8(4-6-9)11(15)14-7-1-2-10(14)12(16)17/h3-6,10H,1-2,7H2,(H,16,17)(H2,13,18,19). The van der Waals surface area contributed by atoms with Crippen LogP contribution in [0.3, 0.4) is 0 Å². The van der Waals surface area contributed by atoms with Crippen molar-refractivity contribution >= 4 is 21.9 Å². The Hall–Kier alpha value is -1.93. The van der Waals surface area contributed by atoms with Gasteiger partial charge < -0.3 is 10.0 Å². The Bertz CT molecular complexity index is 638. The second kappa shape index (κ2) is 5.22. The topological polar surface area (TPSA) is 118 Å². The van der Waals surface area contributed by atoms with Crippen molar-refractivity contribution in [3.8, 4) is 0 Å². The molecular formula is C12H14N2O5S. The lowest BCUT2D eigenvalue weighted by atomic mass is 10.1. The molecule has 8 heteroatoms. The molecule has 0 spiro atoms. The lowest BCUT2D eigenvalue weighted by Crippen LogP contribution is -2.40. The highest BCUT2D eigenvalue weighted by molar-refractivity contribution is 7.89. The summed E-state index contributed by atoms with van der Waals surface area (Å²) in [5.74, 6) is -1.45. The number of hydrogen-bond donors (Lipinski definition) is 2. The molecule has 1 atom stereocenters. The van der Waals surface area contributed by atoms with Crippen molar-refractivity contribution in [2.24, 2.45) is 5.14 Å². The molecule has 2 rings (SSSR count). The van der Waals surface area contributed by atoms with Crippen molar-refractivity contribution in [2.45, 2.75) is 23.8 Å². The third kappa shape index (κ3) is 2.81. The number of carboxylic acid groups (broad SMARTS) is 1. The molecule has 1 unspecified atom stereocenters. The zero-order chi connectivity index (χ0) is 14.9. The molecule has 3 N–H and O–H groups in total. The van der Waals surface area contributed by atoms with Crippen molar-refractivity contribution in [1.82, 2.24) is 4.90 Å². The normalized spacial score (nSPS) is 19.1. The van der Waals surface area contributed by atoms with Gasteiger partial charge in [-0.3, -0.25) is 4.79 Å². The second-order valence-corrected chi connectivity index (χ2v) is 6.13. The minimum Gasteiger partial charge on any atom is -0.480 e. The van der Waals surface area contributed by atoms with Crippen molar-refractivity contribution in [2.75, 3.05) is 6.54 Å². The summed E-state index contributed by atoms with van der Waals surface area (Å²) in [6.45, 7) is 0.382. The van der Waals surface area contributed by atoms with E-state index in [-0.39, 0.29) is 10.5 Å². The molecule has 1 fully saturated rings. The number of amides is 1. The minimum absolute atomic E-state index is 0.0924. The van der Waals surface area contributed by atoms with Gasteiger partial charge in [0.1, 0.15) is 6.04 Å². The highest BCUT2D eigenvalue weighted by Crippen LogP contribution is 2.21. The molecule has 0 radical (unpaired) electrons. The number of nitrogens with two attached hydrogens (primary N) is 1. The zero-order valence-electron chi connectivity index (χ0n) is 10.5. The molecule has 0 aliphatic carbocycles. The van der Waals surface area contributed by atoms with Gasteiger partial charge >= 0.3 is 5.97 Å². The molecule has 1 amide bonds. The number of carbonyl (C=O) groups excluding carboxylic acids is 1. The number of hydrogen-bond acceptors (Lipinski definition) is 4. The lowest BCUT2D eigenvalue weighted by molar-refractivity contribution is -0.141. The maximum atomic E-state index is 12.2. The number of likely N-dealkylation sites (tertiary alicyclic amines) is 1. The van der Waals surface area contributed by atoms with E-state index in [9.17, 15) is 18.0 Å². The number of sulfonamides is 1. The predicted octanol–water partition coefficient (Wildman–Crippen LogP) is 0.0232. The maximum Gasteiger partial charge on any atom is 0.326 e. The van der Waals surface area contributed by atoms with Gasteiger partial charge in [-0.15, -0.1) is 0 Å². The third-order valence-corrected chi connectivity index (χ3v) is 4.16. The van der Waals surface area contributed by atoms with E-state index >= 15 is 0 Å². The second-order valence-electron chi connectivity index (χ2n) is 4.56. The van der Waals surface area contributed by atoms with E-state index in [2.05, 4.69) is 0 Å². The van der Waals surface area contributed by atoms with E-state index in [4.69, 9.17) is 10.2 Å². The van der Waals surface area contributed by atoms with E-state index in [1.54, 1.807) is 0 Å². The predicted molar refractivity (Wildman–Crippen MR) is 69.5 cm³/mol. The molecule has 1 heterocycles. The number of primary sulfonamides is 1. The average molecular weight is 298 g/mol. The average Bonchev–Trinajstić information content (AvgIpc) is 2.86. The molecule has 1 aromatic carbocycles. The van der Waals surface area contributed by atoms with Gasteiger partial charge in [0.25, 0.3) is 5.91 Å². The van der Waals surface area contributed by atoms with Crippen molar-refractivity contribution in [3.05, 3.63) is 29.8 Å². The van der Waals surface area contributed by atoms with Gasteiger partial charge in [0.05, 0.1) is 4.90 Å². The quantitative estimate of drug-likeness (QED) is 0.815. The van der Waals surface area contributed by atoms with Crippen LogP contribution in [0.1, 0.15) is 23.2 Å². The van der Waals surface area contributed by atoms with Crippen LogP contribution in [0.2, 0.25) is 0 Å². The van der Waals surface area contributed by atoms with Crippen LogP contribution in [-0.4, -0.2) is 42.9 Å². The number of benzene rings is 1. The smallest absolute Gasteiger partial charge is 0.326 e. The van der Waals surface area contributed by atoms with Crippen LogP contribution in [0, 0.1) is 0 Å². The van der Waals surface area contributed by atoms with E-state index < -0.39 is 27.9 Å². The summed E-state index contributed by atoms with van der Waals surface area (Å²) in [7, 11) is -3.81. The number of carboxylic acids is 1. The van der Waals surface area contributed by atoms with Gasteiger partial charge in [-0.25, -0.2) is 18.4 Å². The van der Waals surface area contributed by atoms with Crippen molar-refractivity contribution in [1.29, 1.82) is 0 Å². The van der Waals surface area contributed by atoms with Crippen LogP contribution in [0.25, 0.3) is 0 Å². The molecule has 1 aromatic rings. The first-order chi connectivity index (χ1) is 9.30. The van der Waals surface area contributed by atoms with Gasteiger partial charge in [0.2, 0.25) is 10.0 Å². The fourth-order valence-electron chi connectivity index (χ4n) is 2.22. The fraction of sp³-hybridized carbons (Fsp3) is 0.333. The molecular weight excluding hydrogens is 284 g/mol. The van der Waals surface area contributed by atoms with Gasteiger partial charge in [-0.2, -0.15) is 0 Å². The van der Waals surface area contributed by atoms with E-state index in [1.807, 2.05) is 0 Å². The van der Waals surface area contributed by atoms with Crippen molar-refractivity contribution < 1.29 is 23.1 Å². The number of nitrogens with zero attached hydrogens (tertiary/aromatic N) is 1. The maximum absolute atomic E-state index is 12.2. The molecule has 1 saturated heterocycles. The summed E-state index contributed by atoms with van der Waals surface area (Å²) in [6, 6.07) is 4.31. The van der Waals surface area contributed by atoms with Gasteiger partial charge in [-0.1, -0.05) is 0 Å². The lowest BCUT2D eigenvalue weighted by Gasteiger charge is -2.21. The first-order valence-corrected chi connectivity index (χ1v) is 7.52. The molecule has 20 heavy (non-hydrogen) atoms. The largest absolute Gasteiger partial charge is 0.480 e. The molecule has 0 aromatic heterocycles. The van der Waals surface area contributed by atoms with Crippen LogP contribution in [0.4, 0.5) is 0 Å². The summed E-state index contributed by atoms with van der Waals surface area (Å²) >= 11 is 0. The first-order valence-electron chi connectivity index (χ1n) is 5.97. The Labute approximate surface area is 116 Å². The number of aliphatic carboxylic acids is 1. The monoisotopic (exact) mass is 298 g/mol. The molecule has 0 bridgehead atoms. The summed E-state index contributed by atoms with van der Waals surface area (Å²) in [4.78, 5) is 24.4. The summed E-state index contributed by atoms with van der Waals surface area (Å²) in [5, 5.41) is 14.0. The molecule has 1 aliphatic rings. The Kier molecular flexibility index (Phi) is 3.78. The van der Waals surface area contributed by atoms with E-state index in [0.29, 0.717) is 19.4 Å². The molecule has 7 nitrogen and oxygen atoms in total. The molecule has 0 saturated carbocycles. The van der Waals surface area contributed by atoms with E-state index in [1.165, 1.54) is 29.2 Å². The van der Waals surface area contributed by atoms with Crippen LogP contribution >= 0.6 is 0 Å². The van der Waals surface area contributed by atoms with Crippen LogP contribution < -0.4 is 5.14 Å².